The van der Waals surface area contributed by atoms with Gasteiger partial charge in [0.05, 0.1) is 5.02 Å². The van der Waals surface area contributed by atoms with E-state index >= 15 is 0 Å². The highest BCUT2D eigenvalue weighted by Crippen LogP contribution is 2.34. The highest BCUT2D eigenvalue weighted by atomic mass is 35.5. The fourth-order valence-corrected chi connectivity index (χ4v) is 2.50. The highest BCUT2D eigenvalue weighted by molar-refractivity contribution is 6.30. The average Bonchev–Trinajstić information content (AvgIpc) is 2.64. The summed E-state index contributed by atoms with van der Waals surface area (Å²) in [6, 6.07) is 5.31. The number of hydrogen-bond donors (Lipinski definition) is 1. The monoisotopic (exact) mass is 242 g/mol. The molecule has 2 rings (SSSR count). The lowest BCUT2D eigenvalue weighted by atomic mass is 10.00. The summed E-state index contributed by atoms with van der Waals surface area (Å²) >= 11 is 5.67. The van der Waals surface area contributed by atoms with Crippen LogP contribution in [0.5, 0.6) is 0 Å². The van der Waals surface area contributed by atoms with Crippen molar-refractivity contribution in [3.05, 3.63) is 34.6 Å². The molecule has 1 aliphatic heterocycles. The van der Waals surface area contributed by atoms with Crippen molar-refractivity contribution < 1.29 is 4.39 Å². The van der Waals surface area contributed by atoms with E-state index in [0.717, 1.165) is 18.5 Å². The molecule has 0 amide bonds. The summed E-state index contributed by atoms with van der Waals surface area (Å²) in [5, 5.41) is 0.180. The molecule has 1 fully saturated rings. The smallest absolute Gasteiger partial charge is 0.142 e. The first-order valence-corrected chi connectivity index (χ1v) is 5.85. The molecule has 0 aliphatic carbocycles. The fraction of sp³-hybridized carbons (Fsp3) is 0.500. The number of rotatable bonds is 2. The molecule has 88 valence electrons. The predicted molar refractivity (Wildman–Crippen MR) is 63.9 cm³/mol. The van der Waals surface area contributed by atoms with Crippen LogP contribution in [-0.2, 0) is 0 Å². The van der Waals surface area contributed by atoms with Crippen molar-refractivity contribution in [2.45, 2.75) is 12.5 Å². The molecule has 0 radical (unpaired) electrons. The molecule has 2 nitrogen and oxygen atoms in total. The van der Waals surface area contributed by atoms with Gasteiger partial charge in [0, 0.05) is 12.6 Å². The first-order chi connectivity index (χ1) is 7.61. The van der Waals surface area contributed by atoms with Crippen LogP contribution in [0, 0.1) is 11.7 Å². The molecule has 0 saturated carbocycles. The first kappa shape index (κ1) is 11.8. The lowest BCUT2D eigenvalue weighted by molar-refractivity contribution is 0.313. The molecule has 1 aliphatic rings. The van der Waals surface area contributed by atoms with Crippen molar-refractivity contribution in [1.29, 1.82) is 0 Å². The molecule has 1 saturated heterocycles. The Labute approximate surface area is 100 Å². The van der Waals surface area contributed by atoms with Gasteiger partial charge in [0.2, 0.25) is 0 Å². The zero-order chi connectivity index (χ0) is 11.7. The Kier molecular flexibility index (Phi) is 3.47. The Hall–Kier alpha value is -0.640. The molecule has 4 heteroatoms. The highest BCUT2D eigenvalue weighted by Gasteiger charge is 2.29. The standard InChI is InChI=1S/C12H16ClFN2/c1-16-7-8(6-15)4-12(16)9-2-3-10(13)11(14)5-9/h2-3,5,8,12H,4,6-7,15H2,1H3. The minimum atomic E-state index is -0.344. The van der Waals surface area contributed by atoms with Crippen molar-refractivity contribution in [3.8, 4) is 0 Å². The van der Waals surface area contributed by atoms with Gasteiger partial charge >= 0.3 is 0 Å². The van der Waals surface area contributed by atoms with Gasteiger partial charge in [-0.15, -0.1) is 0 Å². The molecular weight excluding hydrogens is 227 g/mol. The number of nitrogens with zero attached hydrogens (tertiary/aromatic N) is 1. The molecule has 0 spiro atoms. The Balaban J connectivity index is 2.21. The van der Waals surface area contributed by atoms with Crippen molar-refractivity contribution in [2.75, 3.05) is 20.1 Å². The van der Waals surface area contributed by atoms with E-state index in [9.17, 15) is 4.39 Å². The van der Waals surface area contributed by atoms with Gasteiger partial charge in [0.15, 0.2) is 0 Å². The maximum absolute atomic E-state index is 13.4. The Bertz CT molecular complexity index is 383. The van der Waals surface area contributed by atoms with Gasteiger partial charge in [0.25, 0.3) is 0 Å². The molecule has 0 bridgehead atoms. The topological polar surface area (TPSA) is 29.3 Å². The molecule has 1 heterocycles. The van der Waals surface area contributed by atoms with Crippen molar-refractivity contribution in [3.63, 3.8) is 0 Å². The van der Waals surface area contributed by atoms with Gasteiger partial charge in [-0.25, -0.2) is 4.39 Å². The third-order valence-electron chi connectivity index (χ3n) is 3.30. The number of benzene rings is 1. The zero-order valence-corrected chi connectivity index (χ0v) is 10.0. The molecule has 2 N–H and O–H groups in total. The summed E-state index contributed by atoms with van der Waals surface area (Å²) in [6.45, 7) is 1.67. The van der Waals surface area contributed by atoms with Gasteiger partial charge in [0.1, 0.15) is 5.82 Å². The van der Waals surface area contributed by atoms with E-state index in [1.54, 1.807) is 6.07 Å². The van der Waals surface area contributed by atoms with E-state index in [4.69, 9.17) is 17.3 Å². The molecule has 2 atom stereocenters. The summed E-state index contributed by atoms with van der Waals surface area (Å²) in [4.78, 5) is 2.22. The Morgan fingerprint density at radius 2 is 2.31 bits per heavy atom. The summed E-state index contributed by atoms with van der Waals surface area (Å²) in [5.74, 6) is 0.164. The van der Waals surface area contributed by atoms with Crippen LogP contribution < -0.4 is 5.73 Å². The number of halogens is 2. The second-order valence-electron chi connectivity index (χ2n) is 4.47. The summed E-state index contributed by atoms with van der Waals surface area (Å²) in [6.07, 6.45) is 0.994. The van der Waals surface area contributed by atoms with Crippen molar-refractivity contribution in [2.24, 2.45) is 11.7 Å². The number of hydrogen-bond acceptors (Lipinski definition) is 2. The van der Waals surface area contributed by atoms with Gasteiger partial charge in [-0.3, -0.25) is 4.90 Å². The summed E-state index contributed by atoms with van der Waals surface area (Å²) in [7, 11) is 2.05. The maximum atomic E-state index is 13.4. The quantitative estimate of drug-likeness (QED) is 0.863. The van der Waals surface area contributed by atoms with Crippen LogP contribution in [0.25, 0.3) is 0 Å². The largest absolute Gasteiger partial charge is 0.330 e. The van der Waals surface area contributed by atoms with E-state index in [0.29, 0.717) is 12.5 Å². The summed E-state index contributed by atoms with van der Waals surface area (Å²) < 4.78 is 13.4. The minimum Gasteiger partial charge on any atom is -0.330 e. The minimum absolute atomic E-state index is 0.180. The predicted octanol–water partition coefficient (Wildman–Crippen LogP) is 2.43. The van der Waals surface area contributed by atoms with Gasteiger partial charge in [-0.2, -0.15) is 0 Å². The van der Waals surface area contributed by atoms with E-state index in [1.807, 2.05) is 13.1 Å². The molecule has 0 aromatic heterocycles. The van der Waals surface area contributed by atoms with Gasteiger partial charge in [-0.05, 0) is 43.6 Å². The van der Waals surface area contributed by atoms with Crippen LogP contribution in [0.1, 0.15) is 18.0 Å². The Morgan fingerprint density at radius 3 is 2.88 bits per heavy atom. The van der Waals surface area contributed by atoms with Crippen LogP contribution in [0.3, 0.4) is 0 Å². The average molecular weight is 243 g/mol. The SMILES string of the molecule is CN1CC(CN)CC1c1ccc(Cl)c(F)c1. The molecule has 2 unspecified atom stereocenters. The maximum Gasteiger partial charge on any atom is 0.142 e. The Morgan fingerprint density at radius 1 is 1.56 bits per heavy atom. The molecular formula is C12H16ClFN2. The van der Waals surface area contributed by atoms with E-state index in [2.05, 4.69) is 4.90 Å². The van der Waals surface area contributed by atoms with Crippen LogP contribution in [0.2, 0.25) is 5.02 Å². The van der Waals surface area contributed by atoms with E-state index in [-0.39, 0.29) is 16.9 Å². The molecule has 1 aromatic carbocycles. The van der Waals surface area contributed by atoms with E-state index < -0.39 is 0 Å². The van der Waals surface area contributed by atoms with Crippen LogP contribution in [0.15, 0.2) is 18.2 Å². The number of likely N-dealkylation sites (tertiary alicyclic amines) is 1. The van der Waals surface area contributed by atoms with E-state index in [1.165, 1.54) is 6.07 Å². The molecule has 1 aromatic rings. The second-order valence-corrected chi connectivity index (χ2v) is 4.87. The van der Waals surface area contributed by atoms with Crippen molar-refractivity contribution in [1.82, 2.24) is 4.90 Å². The van der Waals surface area contributed by atoms with Gasteiger partial charge in [-0.1, -0.05) is 17.7 Å². The lowest BCUT2D eigenvalue weighted by Crippen LogP contribution is -2.20. The first-order valence-electron chi connectivity index (χ1n) is 5.47. The molecule has 16 heavy (non-hydrogen) atoms. The van der Waals surface area contributed by atoms with Crippen LogP contribution in [-0.4, -0.2) is 25.0 Å². The third-order valence-corrected chi connectivity index (χ3v) is 3.60. The van der Waals surface area contributed by atoms with Crippen LogP contribution in [0.4, 0.5) is 4.39 Å². The third kappa shape index (κ3) is 2.21. The fourth-order valence-electron chi connectivity index (χ4n) is 2.39. The normalized spacial score (nSPS) is 26.2. The second kappa shape index (κ2) is 4.70. The zero-order valence-electron chi connectivity index (χ0n) is 9.29. The number of nitrogens with two attached hydrogens (primary N) is 1. The van der Waals surface area contributed by atoms with Crippen LogP contribution >= 0.6 is 11.6 Å². The lowest BCUT2D eigenvalue weighted by Gasteiger charge is -2.19. The van der Waals surface area contributed by atoms with Gasteiger partial charge < -0.3 is 5.73 Å². The summed E-state index contributed by atoms with van der Waals surface area (Å²) in [5.41, 5.74) is 6.65. The van der Waals surface area contributed by atoms with Crippen molar-refractivity contribution >= 4 is 11.6 Å².